The zero-order valence-electron chi connectivity index (χ0n) is 14.8. The molecule has 28 heavy (non-hydrogen) atoms. The van der Waals surface area contributed by atoms with E-state index >= 15 is 0 Å². The van der Waals surface area contributed by atoms with Crippen LogP contribution in [0.3, 0.4) is 0 Å². The average Bonchev–Trinajstić information content (AvgIpc) is 2.69. The minimum atomic E-state index is -3.73. The molecule has 0 saturated carbocycles. The lowest BCUT2D eigenvalue weighted by Gasteiger charge is -2.09. The molecule has 0 fully saturated rings. The monoisotopic (exact) mass is 432 g/mol. The van der Waals surface area contributed by atoms with Crippen molar-refractivity contribution in [3.05, 3.63) is 83.4 Å². The minimum absolute atomic E-state index is 0.104. The van der Waals surface area contributed by atoms with E-state index in [4.69, 9.17) is 11.6 Å². The summed E-state index contributed by atoms with van der Waals surface area (Å²) in [7, 11) is -3.73. The summed E-state index contributed by atoms with van der Waals surface area (Å²) >= 11 is 7.41. The van der Waals surface area contributed by atoms with Crippen molar-refractivity contribution >= 4 is 50.7 Å². The first-order valence-corrected chi connectivity index (χ1v) is 11.3. The molecule has 3 aromatic carbocycles. The minimum Gasteiger partial charge on any atom is -0.322 e. The molecule has 2 N–H and O–H groups in total. The highest BCUT2D eigenvalue weighted by atomic mass is 35.5. The molecule has 1 amide bonds. The molecule has 0 aliphatic carbocycles. The van der Waals surface area contributed by atoms with Gasteiger partial charge in [-0.1, -0.05) is 11.6 Å². The molecule has 5 nitrogen and oxygen atoms in total. The maximum absolute atomic E-state index is 12.4. The van der Waals surface area contributed by atoms with Crippen molar-refractivity contribution in [2.75, 3.05) is 16.3 Å². The summed E-state index contributed by atoms with van der Waals surface area (Å²) in [6.07, 6.45) is 1.98. The van der Waals surface area contributed by atoms with Gasteiger partial charge in [-0.2, -0.15) is 0 Å². The van der Waals surface area contributed by atoms with Gasteiger partial charge in [0.15, 0.2) is 0 Å². The number of sulfonamides is 1. The van der Waals surface area contributed by atoms with E-state index in [0.717, 1.165) is 4.90 Å². The van der Waals surface area contributed by atoms with Crippen molar-refractivity contribution in [1.29, 1.82) is 0 Å². The van der Waals surface area contributed by atoms with Gasteiger partial charge in [0.1, 0.15) is 0 Å². The number of hydrogen-bond donors (Lipinski definition) is 2. The molecule has 0 aliphatic heterocycles. The van der Waals surface area contributed by atoms with Crippen LogP contribution in [-0.4, -0.2) is 20.6 Å². The largest absolute Gasteiger partial charge is 0.322 e. The Morgan fingerprint density at radius 1 is 0.857 bits per heavy atom. The Morgan fingerprint density at radius 3 is 2.00 bits per heavy atom. The van der Waals surface area contributed by atoms with Gasteiger partial charge >= 0.3 is 0 Å². The van der Waals surface area contributed by atoms with Crippen LogP contribution in [0.25, 0.3) is 0 Å². The Bertz CT molecular complexity index is 1070. The van der Waals surface area contributed by atoms with Crippen molar-refractivity contribution in [2.45, 2.75) is 9.79 Å². The quantitative estimate of drug-likeness (QED) is 0.530. The van der Waals surface area contributed by atoms with Crippen LogP contribution < -0.4 is 10.0 Å². The molecule has 3 rings (SSSR count). The van der Waals surface area contributed by atoms with Gasteiger partial charge in [0.05, 0.1) is 4.90 Å². The number of carbonyl (C=O) groups excluding carboxylic acids is 1. The molecule has 0 radical (unpaired) electrons. The summed E-state index contributed by atoms with van der Waals surface area (Å²) in [5.74, 6) is -0.274. The molecule has 0 heterocycles. The molecule has 144 valence electrons. The second-order valence-corrected chi connectivity index (χ2v) is 8.82. The van der Waals surface area contributed by atoms with Crippen LogP contribution in [0.1, 0.15) is 10.4 Å². The average molecular weight is 433 g/mol. The number of amides is 1. The predicted molar refractivity (Wildman–Crippen MR) is 115 cm³/mol. The number of rotatable bonds is 6. The fraction of sp³-hybridized carbons (Fsp3) is 0.0500. The van der Waals surface area contributed by atoms with Crippen LogP contribution in [0.4, 0.5) is 11.4 Å². The number of carbonyl (C=O) groups is 1. The zero-order chi connectivity index (χ0) is 20.1. The SMILES string of the molecule is CSc1ccc(NC(=O)c2ccc(NS(=O)(=O)c3ccc(Cl)cc3)cc2)cc1. The Labute approximate surface area is 173 Å². The first-order valence-electron chi connectivity index (χ1n) is 8.21. The van der Waals surface area contributed by atoms with Crippen molar-refractivity contribution in [3.63, 3.8) is 0 Å². The van der Waals surface area contributed by atoms with Gasteiger partial charge in [0.2, 0.25) is 0 Å². The fourth-order valence-electron chi connectivity index (χ4n) is 2.40. The Balaban J connectivity index is 1.68. The first kappa shape index (κ1) is 20.3. The second kappa shape index (κ2) is 8.68. The third-order valence-electron chi connectivity index (χ3n) is 3.87. The Hall–Kier alpha value is -2.48. The smallest absolute Gasteiger partial charge is 0.261 e. The summed E-state index contributed by atoms with van der Waals surface area (Å²) in [6, 6.07) is 19.6. The number of anilines is 2. The summed E-state index contributed by atoms with van der Waals surface area (Å²) in [5, 5.41) is 3.26. The Kier molecular flexibility index (Phi) is 6.28. The van der Waals surface area contributed by atoms with Crippen molar-refractivity contribution in [3.8, 4) is 0 Å². The molecule has 0 unspecified atom stereocenters. The summed E-state index contributed by atoms with van der Waals surface area (Å²) in [4.78, 5) is 13.6. The molecular weight excluding hydrogens is 416 g/mol. The fourth-order valence-corrected chi connectivity index (χ4v) is 3.99. The molecule has 0 spiro atoms. The van der Waals surface area contributed by atoms with E-state index in [9.17, 15) is 13.2 Å². The Morgan fingerprint density at radius 2 is 1.43 bits per heavy atom. The van der Waals surface area contributed by atoms with E-state index in [1.54, 1.807) is 36.0 Å². The van der Waals surface area contributed by atoms with E-state index in [1.807, 2.05) is 30.5 Å². The lowest BCUT2D eigenvalue weighted by Crippen LogP contribution is -2.14. The molecule has 3 aromatic rings. The second-order valence-electron chi connectivity index (χ2n) is 5.82. The number of hydrogen-bond acceptors (Lipinski definition) is 4. The van der Waals surface area contributed by atoms with Crippen LogP contribution in [0.5, 0.6) is 0 Å². The normalized spacial score (nSPS) is 11.1. The van der Waals surface area contributed by atoms with Gasteiger partial charge in [-0.05, 0) is 79.1 Å². The van der Waals surface area contributed by atoms with Crippen LogP contribution in [-0.2, 0) is 10.0 Å². The third-order valence-corrected chi connectivity index (χ3v) is 6.26. The lowest BCUT2D eigenvalue weighted by atomic mass is 10.2. The third kappa shape index (κ3) is 5.07. The zero-order valence-corrected chi connectivity index (χ0v) is 17.2. The highest BCUT2D eigenvalue weighted by molar-refractivity contribution is 7.98. The number of thioether (sulfide) groups is 1. The highest BCUT2D eigenvalue weighted by Gasteiger charge is 2.14. The van der Waals surface area contributed by atoms with Gasteiger partial charge in [0.25, 0.3) is 15.9 Å². The van der Waals surface area contributed by atoms with E-state index in [0.29, 0.717) is 22.0 Å². The van der Waals surface area contributed by atoms with Crippen molar-refractivity contribution in [2.24, 2.45) is 0 Å². The van der Waals surface area contributed by atoms with Gasteiger partial charge < -0.3 is 5.32 Å². The van der Waals surface area contributed by atoms with Gasteiger partial charge in [0, 0.05) is 26.9 Å². The van der Waals surface area contributed by atoms with Gasteiger partial charge in [-0.3, -0.25) is 9.52 Å². The molecule has 0 saturated heterocycles. The molecule has 0 aliphatic rings. The van der Waals surface area contributed by atoms with E-state index in [-0.39, 0.29) is 10.8 Å². The first-order chi connectivity index (χ1) is 13.4. The maximum atomic E-state index is 12.4. The topological polar surface area (TPSA) is 75.3 Å². The number of nitrogens with one attached hydrogen (secondary N) is 2. The molecule has 0 aromatic heterocycles. The lowest BCUT2D eigenvalue weighted by molar-refractivity contribution is 0.102. The predicted octanol–water partition coefficient (Wildman–Crippen LogP) is 5.12. The van der Waals surface area contributed by atoms with Gasteiger partial charge in [-0.15, -0.1) is 11.8 Å². The molecule has 8 heteroatoms. The number of benzene rings is 3. The van der Waals surface area contributed by atoms with Crippen LogP contribution in [0, 0.1) is 0 Å². The van der Waals surface area contributed by atoms with Crippen LogP contribution >= 0.6 is 23.4 Å². The van der Waals surface area contributed by atoms with Crippen molar-refractivity contribution < 1.29 is 13.2 Å². The van der Waals surface area contributed by atoms with E-state index < -0.39 is 10.0 Å². The van der Waals surface area contributed by atoms with Crippen LogP contribution in [0.2, 0.25) is 5.02 Å². The summed E-state index contributed by atoms with van der Waals surface area (Å²) < 4.78 is 27.3. The van der Waals surface area contributed by atoms with Gasteiger partial charge in [-0.25, -0.2) is 8.42 Å². The van der Waals surface area contributed by atoms with Crippen LogP contribution in [0.15, 0.2) is 82.6 Å². The highest BCUT2D eigenvalue weighted by Crippen LogP contribution is 2.20. The maximum Gasteiger partial charge on any atom is 0.261 e. The molecule has 0 bridgehead atoms. The molecular formula is C20H17ClN2O3S2. The summed E-state index contributed by atoms with van der Waals surface area (Å²) in [6.45, 7) is 0. The van der Waals surface area contributed by atoms with E-state index in [2.05, 4.69) is 10.0 Å². The van der Waals surface area contributed by atoms with Crippen molar-refractivity contribution in [1.82, 2.24) is 0 Å². The summed E-state index contributed by atoms with van der Waals surface area (Å²) in [5.41, 5.74) is 1.47. The van der Waals surface area contributed by atoms with E-state index in [1.165, 1.54) is 24.3 Å². The number of halogens is 1. The molecule has 0 atom stereocenters. The standard InChI is InChI=1S/C20H17ClN2O3S2/c1-27-18-10-8-16(9-11-18)22-20(24)14-2-6-17(7-3-14)23-28(25,26)19-12-4-15(21)5-13-19/h2-13,23H,1H3,(H,22,24).